The zero-order valence-corrected chi connectivity index (χ0v) is 14.5. The molecule has 0 amide bonds. The van der Waals surface area contributed by atoms with Crippen LogP contribution >= 0.6 is 23.5 Å². The summed E-state index contributed by atoms with van der Waals surface area (Å²) in [7, 11) is 2.50. The molecule has 24 heavy (non-hydrogen) atoms. The first-order valence-corrected chi connectivity index (χ1v) is 8.44. The van der Waals surface area contributed by atoms with Crippen molar-refractivity contribution in [1.82, 2.24) is 19.9 Å². The predicted octanol–water partition coefficient (Wildman–Crippen LogP) is 1.23. The highest BCUT2D eigenvalue weighted by Crippen LogP contribution is 2.33. The molecule has 10 heteroatoms. The van der Waals surface area contributed by atoms with Crippen LogP contribution in [0.1, 0.15) is 0 Å². The summed E-state index contributed by atoms with van der Waals surface area (Å²) in [5.74, 6) is -1.18. The first-order valence-electron chi connectivity index (χ1n) is 6.68. The first kappa shape index (κ1) is 18.1. The van der Waals surface area contributed by atoms with E-state index in [1.54, 1.807) is 36.9 Å². The van der Waals surface area contributed by atoms with Gasteiger partial charge in [0, 0.05) is 24.8 Å². The van der Waals surface area contributed by atoms with Gasteiger partial charge >= 0.3 is 11.9 Å². The highest BCUT2D eigenvalue weighted by atomic mass is 32.2. The van der Waals surface area contributed by atoms with E-state index in [1.165, 1.54) is 14.2 Å². The summed E-state index contributed by atoms with van der Waals surface area (Å²) < 4.78 is 9.64. The van der Waals surface area contributed by atoms with Gasteiger partial charge in [-0.1, -0.05) is 23.5 Å². The zero-order chi connectivity index (χ0) is 17.4. The van der Waals surface area contributed by atoms with Gasteiger partial charge in [0.25, 0.3) is 0 Å². The molecule has 0 saturated carbocycles. The Kier molecular flexibility index (Phi) is 6.94. The standard InChI is InChI=1S/C14H14N4O4S2/c1-21-11(19)9(23-13-15-5-3-6-16-13)10(12(20)22-2)24-14-17-7-4-8-18-14/h3-10H,1-2H3/t9-,10-/m1/s1. The topological polar surface area (TPSA) is 104 Å². The Bertz CT molecular complexity index is 615. The first-order chi connectivity index (χ1) is 11.7. The van der Waals surface area contributed by atoms with E-state index < -0.39 is 22.4 Å². The lowest BCUT2D eigenvalue weighted by molar-refractivity contribution is -0.146. The van der Waals surface area contributed by atoms with Crippen LogP contribution in [0.15, 0.2) is 47.2 Å². The molecule has 2 atom stereocenters. The van der Waals surface area contributed by atoms with E-state index in [0.29, 0.717) is 10.3 Å². The average molecular weight is 366 g/mol. The van der Waals surface area contributed by atoms with Crippen molar-refractivity contribution in [1.29, 1.82) is 0 Å². The minimum atomic E-state index is -0.918. The number of carbonyl (C=O) groups excluding carboxylic acids is 2. The van der Waals surface area contributed by atoms with Crippen molar-refractivity contribution in [3.8, 4) is 0 Å². The Morgan fingerprint density at radius 3 is 1.42 bits per heavy atom. The van der Waals surface area contributed by atoms with Crippen molar-refractivity contribution in [2.24, 2.45) is 0 Å². The van der Waals surface area contributed by atoms with Gasteiger partial charge in [-0.2, -0.15) is 0 Å². The number of esters is 2. The summed E-state index contributed by atoms with van der Waals surface area (Å²) in [6.45, 7) is 0. The van der Waals surface area contributed by atoms with Gasteiger partial charge < -0.3 is 9.47 Å². The lowest BCUT2D eigenvalue weighted by Crippen LogP contribution is -2.37. The van der Waals surface area contributed by atoms with E-state index in [9.17, 15) is 9.59 Å². The number of nitrogens with zero attached hydrogens (tertiary/aromatic N) is 4. The highest BCUT2D eigenvalue weighted by molar-refractivity contribution is 8.04. The molecule has 0 aliphatic heterocycles. The molecule has 0 N–H and O–H groups in total. The molecule has 0 aromatic carbocycles. The van der Waals surface area contributed by atoms with Crippen molar-refractivity contribution in [2.45, 2.75) is 20.8 Å². The molecule has 0 unspecified atom stereocenters. The number of thioether (sulfide) groups is 2. The Balaban J connectivity index is 2.29. The second kappa shape index (κ2) is 9.18. The van der Waals surface area contributed by atoms with E-state index in [-0.39, 0.29) is 0 Å². The Morgan fingerprint density at radius 2 is 1.12 bits per heavy atom. The largest absolute Gasteiger partial charge is 0.468 e. The van der Waals surface area contributed by atoms with Crippen LogP contribution in [0, 0.1) is 0 Å². The van der Waals surface area contributed by atoms with Crippen LogP contribution in [-0.4, -0.2) is 56.6 Å². The summed E-state index contributed by atoms with van der Waals surface area (Å²) in [5.41, 5.74) is 0. The third-order valence-electron chi connectivity index (χ3n) is 2.69. The van der Waals surface area contributed by atoms with Gasteiger partial charge in [0.1, 0.15) is 10.5 Å². The molecule has 0 aliphatic rings. The maximum absolute atomic E-state index is 12.2. The van der Waals surface area contributed by atoms with Gasteiger partial charge in [-0.05, 0) is 12.1 Å². The van der Waals surface area contributed by atoms with Crippen molar-refractivity contribution in [3.05, 3.63) is 36.9 Å². The molecule has 0 bridgehead atoms. The van der Waals surface area contributed by atoms with Gasteiger partial charge in [0.05, 0.1) is 14.2 Å². The van der Waals surface area contributed by atoms with E-state index in [2.05, 4.69) is 19.9 Å². The number of rotatable bonds is 7. The smallest absolute Gasteiger partial charge is 0.321 e. The lowest BCUT2D eigenvalue weighted by Gasteiger charge is -2.20. The van der Waals surface area contributed by atoms with E-state index in [1.807, 2.05) is 0 Å². The predicted molar refractivity (Wildman–Crippen MR) is 87.4 cm³/mol. The number of hydrogen-bond donors (Lipinski definition) is 0. The quantitative estimate of drug-likeness (QED) is 0.404. The second-order valence-corrected chi connectivity index (χ2v) is 6.40. The fourth-order valence-corrected chi connectivity index (χ4v) is 3.75. The van der Waals surface area contributed by atoms with Crippen LogP contribution in [0.3, 0.4) is 0 Å². The van der Waals surface area contributed by atoms with Crippen LogP contribution in [0.25, 0.3) is 0 Å². The number of carbonyl (C=O) groups is 2. The second-order valence-electron chi connectivity index (χ2n) is 4.19. The average Bonchev–Trinajstić information content (AvgIpc) is 2.65. The number of hydrogen-bond acceptors (Lipinski definition) is 10. The monoisotopic (exact) mass is 366 g/mol. The molecule has 0 aliphatic carbocycles. The van der Waals surface area contributed by atoms with Crippen molar-refractivity contribution >= 4 is 35.5 Å². The van der Waals surface area contributed by atoms with Gasteiger partial charge in [-0.25, -0.2) is 19.9 Å². The molecule has 0 radical (unpaired) electrons. The van der Waals surface area contributed by atoms with Crippen LogP contribution in [-0.2, 0) is 19.1 Å². The Labute approximate surface area is 146 Å². The Morgan fingerprint density at radius 1 is 0.792 bits per heavy atom. The van der Waals surface area contributed by atoms with Crippen LogP contribution in [0.4, 0.5) is 0 Å². The summed E-state index contributed by atoms with van der Waals surface area (Å²) in [5, 5.41) is -1.15. The SMILES string of the molecule is COC(=O)[C@H](Sc1ncccn1)[C@@H](Sc1ncccn1)C(=O)OC. The minimum absolute atomic E-state index is 0.344. The summed E-state index contributed by atoms with van der Waals surface area (Å²) >= 11 is 2.04. The van der Waals surface area contributed by atoms with Crippen molar-refractivity contribution < 1.29 is 19.1 Å². The Hall–Kier alpha value is -2.20. The van der Waals surface area contributed by atoms with E-state index in [0.717, 1.165) is 23.5 Å². The van der Waals surface area contributed by atoms with Gasteiger partial charge in [0.2, 0.25) is 0 Å². The molecule has 2 heterocycles. The third kappa shape index (κ3) is 4.90. The normalized spacial score (nSPS) is 12.9. The summed E-state index contributed by atoms with van der Waals surface area (Å²) in [6, 6.07) is 3.31. The summed E-state index contributed by atoms with van der Waals surface area (Å²) in [6.07, 6.45) is 6.18. The van der Waals surface area contributed by atoms with Gasteiger partial charge in [-0.3, -0.25) is 9.59 Å². The minimum Gasteiger partial charge on any atom is -0.468 e. The zero-order valence-electron chi connectivity index (χ0n) is 12.9. The van der Waals surface area contributed by atoms with E-state index >= 15 is 0 Å². The van der Waals surface area contributed by atoms with Crippen LogP contribution in [0.5, 0.6) is 0 Å². The van der Waals surface area contributed by atoms with Crippen molar-refractivity contribution in [2.75, 3.05) is 14.2 Å². The summed E-state index contributed by atoms with van der Waals surface area (Å²) in [4.78, 5) is 40.7. The van der Waals surface area contributed by atoms with Crippen LogP contribution in [0.2, 0.25) is 0 Å². The fraction of sp³-hybridized carbons (Fsp3) is 0.286. The molecule has 8 nitrogen and oxygen atoms in total. The molecule has 0 spiro atoms. The van der Waals surface area contributed by atoms with Gasteiger partial charge in [-0.15, -0.1) is 0 Å². The lowest BCUT2D eigenvalue weighted by atomic mass is 10.3. The molecule has 0 fully saturated rings. The molecular weight excluding hydrogens is 352 g/mol. The van der Waals surface area contributed by atoms with Crippen LogP contribution < -0.4 is 0 Å². The molecule has 0 saturated heterocycles. The molecular formula is C14H14N4O4S2. The molecule has 2 aromatic heterocycles. The number of methoxy groups -OCH3 is 2. The molecule has 126 valence electrons. The molecule has 2 rings (SSSR count). The highest BCUT2D eigenvalue weighted by Gasteiger charge is 2.38. The third-order valence-corrected chi connectivity index (χ3v) is 5.14. The fourth-order valence-electron chi connectivity index (χ4n) is 1.62. The van der Waals surface area contributed by atoms with E-state index in [4.69, 9.17) is 9.47 Å². The number of ether oxygens (including phenoxy) is 2. The van der Waals surface area contributed by atoms with Crippen molar-refractivity contribution in [3.63, 3.8) is 0 Å². The van der Waals surface area contributed by atoms with Gasteiger partial charge in [0.15, 0.2) is 10.3 Å². The number of aromatic nitrogens is 4. The maximum atomic E-state index is 12.2. The maximum Gasteiger partial charge on any atom is 0.321 e. The molecule has 2 aromatic rings.